The zero-order chi connectivity index (χ0) is 13.9. The molecule has 0 radical (unpaired) electrons. The summed E-state index contributed by atoms with van der Waals surface area (Å²) >= 11 is 0. The standard InChI is InChI=1S/C15H27NO3/c1-3-18-14(17)15(16,12-8-9-12)10-19-13-7-5-4-6-11(13)2/h11-13H,3-10,16H2,1-2H3. The summed E-state index contributed by atoms with van der Waals surface area (Å²) in [6, 6.07) is 0. The first-order chi connectivity index (χ1) is 9.08. The van der Waals surface area contributed by atoms with Crippen molar-refractivity contribution in [2.24, 2.45) is 17.6 Å². The van der Waals surface area contributed by atoms with E-state index in [1.165, 1.54) is 19.3 Å². The molecule has 0 heterocycles. The molecule has 0 bridgehead atoms. The number of ether oxygens (including phenoxy) is 2. The second-order valence-electron chi connectivity index (χ2n) is 6.15. The van der Waals surface area contributed by atoms with Crippen molar-refractivity contribution in [3.8, 4) is 0 Å². The van der Waals surface area contributed by atoms with E-state index >= 15 is 0 Å². The lowest BCUT2D eigenvalue weighted by atomic mass is 9.87. The van der Waals surface area contributed by atoms with Gasteiger partial charge in [-0.05, 0) is 44.4 Å². The van der Waals surface area contributed by atoms with Crippen LogP contribution >= 0.6 is 0 Å². The Labute approximate surface area is 116 Å². The summed E-state index contributed by atoms with van der Waals surface area (Å²) in [5, 5.41) is 0. The lowest BCUT2D eigenvalue weighted by molar-refractivity contribution is -0.155. The molecule has 0 saturated heterocycles. The molecule has 0 amide bonds. The fraction of sp³-hybridized carbons (Fsp3) is 0.933. The summed E-state index contributed by atoms with van der Waals surface area (Å²) in [6.45, 7) is 4.73. The highest BCUT2D eigenvalue weighted by molar-refractivity contribution is 5.81. The molecule has 0 spiro atoms. The van der Waals surface area contributed by atoms with Crippen molar-refractivity contribution in [2.45, 2.75) is 64.0 Å². The molecule has 2 saturated carbocycles. The van der Waals surface area contributed by atoms with Crippen LogP contribution in [0.15, 0.2) is 0 Å². The van der Waals surface area contributed by atoms with Gasteiger partial charge < -0.3 is 15.2 Å². The zero-order valence-electron chi connectivity index (χ0n) is 12.2. The Morgan fingerprint density at radius 2 is 1.95 bits per heavy atom. The average Bonchev–Trinajstić information content (AvgIpc) is 3.22. The van der Waals surface area contributed by atoms with Crippen LogP contribution in [0.25, 0.3) is 0 Å². The minimum Gasteiger partial charge on any atom is -0.465 e. The second kappa shape index (κ2) is 6.23. The first kappa shape index (κ1) is 14.8. The van der Waals surface area contributed by atoms with E-state index in [1.807, 2.05) is 6.92 Å². The van der Waals surface area contributed by atoms with E-state index in [9.17, 15) is 4.79 Å². The first-order valence-electron chi connectivity index (χ1n) is 7.65. The molecule has 0 aromatic heterocycles. The molecule has 2 aliphatic rings. The molecule has 0 aromatic rings. The molecule has 0 aromatic carbocycles. The van der Waals surface area contributed by atoms with Gasteiger partial charge in [0.2, 0.25) is 0 Å². The van der Waals surface area contributed by atoms with Gasteiger partial charge in [0, 0.05) is 0 Å². The highest BCUT2D eigenvalue weighted by atomic mass is 16.5. The molecule has 19 heavy (non-hydrogen) atoms. The van der Waals surface area contributed by atoms with Gasteiger partial charge >= 0.3 is 5.97 Å². The van der Waals surface area contributed by atoms with Gasteiger partial charge in [0.1, 0.15) is 5.54 Å². The maximum absolute atomic E-state index is 12.1. The quantitative estimate of drug-likeness (QED) is 0.751. The topological polar surface area (TPSA) is 61.5 Å². The van der Waals surface area contributed by atoms with E-state index in [0.29, 0.717) is 19.1 Å². The summed E-state index contributed by atoms with van der Waals surface area (Å²) in [7, 11) is 0. The third kappa shape index (κ3) is 3.48. The fourth-order valence-corrected chi connectivity index (χ4v) is 2.98. The summed E-state index contributed by atoms with van der Waals surface area (Å²) < 4.78 is 11.1. The van der Waals surface area contributed by atoms with E-state index in [1.54, 1.807) is 0 Å². The van der Waals surface area contributed by atoms with Crippen molar-refractivity contribution in [1.82, 2.24) is 0 Å². The van der Waals surface area contributed by atoms with E-state index < -0.39 is 5.54 Å². The van der Waals surface area contributed by atoms with Gasteiger partial charge in [-0.1, -0.05) is 19.8 Å². The number of hydrogen-bond donors (Lipinski definition) is 1. The number of esters is 1. The molecule has 4 heteroatoms. The Morgan fingerprint density at radius 1 is 1.26 bits per heavy atom. The van der Waals surface area contributed by atoms with E-state index in [2.05, 4.69) is 6.92 Å². The zero-order valence-corrected chi connectivity index (χ0v) is 12.2. The predicted molar refractivity (Wildman–Crippen MR) is 73.6 cm³/mol. The normalized spacial score (nSPS) is 30.7. The van der Waals surface area contributed by atoms with Crippen molar-refractivity contribution in [3.05, 3.63) is 0 Å². The highest BCUT2D eigenvalue weighted by Crippen LogP contribution is 2.40. The predicted octanol–water partition coefficient (Wildman–Crippen LogP) is 2.25. The van der Waals surface area contributed by atoms with Gasteiger partial charge in [0.05, 0.1) is 19.3 Å². The van der Waals surface area contributed by atoms with Crippen LogP contribution in [0, 0.1) is 11.8 Å². The monoisotopic (exact) mass is 269 g/mol. The lowest BCUT2D eigenvalue weighted by Crippen LogP contribution is -2.55. The minimum absolute atomic E-state index is 0.241. The summed E-state index contributed by atoms with van der Waals surface area (Å²) in [4.78, 5) is 12.1. The molecule has 2 rings (SSSR count). The largest absolute Gasteiger partial charge is 0.465 e. The van der Waals surface area contributed by atoms with E-state index in [-0.39, 0.29) is 18.0 Å². The van der Waals surface area contributed by atoms with Crippen molar-refractivity contribution in [3.63, 3.8) is 0 Å². The van der Waals surface area contributed by atoms with Gasteiger partial charge in [0.15, 0.2) is 0 Å². The Bertz CT molecular complexity index is 317. The lowest BCUT2D eigenvalue weighted by Gasteiger charge is -2.33. The Morgan fingerprint density at radius 3 is 2.53 bits per heavy atom. The number of hydrogen-bond acceptors (Lipinski definition) is 4. The average molecular weight is 269 g/mol. The van der Waals surface area contributed by atoms with Crippen molar-refractivity contribution >= 4 is 5.97 Å². The van der Waals surface area contributed by atoms with E-state index in [0.717, 1.165) is 19.3 Å². The van der Waals surface area contributed by atoms with Crippen LogP contribution in [0.1, 0.15) is 52.4 Å². The van der Waals surface area contributed by atoms with Crippen LogP contribution in [0.2, 0.25) is 0 Å². The SMILES string of the molecule is CCOC(=O)C(N)(COC1CCCCC1C)C1CC1. The van der Waals surface area contributed by atoms with Crippen LogP contribution in [0.5, 0.6) is 0 Å². The Hall–Kier alpha value is -0.610. The first-order valence-corrected chi connectivity index (χ1v) is 7.65. The van der Waals surface area contributed by atoms with Gasteiger partial charge in [0.25, 0.3) is 0 Å². The molecule has 3 atom stereocenters. The third-order valence-electron chi connectivity index (χ3n) is 4.53. The van der Waals surface area contributed by atoms with E-state index in [4.69, 9.17) is 15.2 Å². The van der Waals surface area contributed by atoms with Crippen LogP contribution in [-0.4, -0.2) is 30.8 Å². The molecule has 2 fully saturated rings. The highest BCUT2D eigenvalue weighted by Gasteiger charge is 2.50. The van der Waals surface area contributed by atoms with Crippen molar-refractivity contribution in [2.75, 3.05) is 13.2 Å². The maximum Gasteiger partial charge on any atom is 0.328 e. The summed E-state index contributed by atoms with van der Waals surface area (Å²) in [6.07, 6.45) is 7.09. The Kier molecular flexibility index (Phi) is 4.85. The molecule has 110 valence electrons. The molecule has 2 N–H and O–H groups in total. The molecule has 0 aliphatic heterocycles. The van der Waals surface area contributed by atoms with Gasteiger partial charge in [-0.3, -0.25) is 0 Å². The molecular formula is C15H27NO3. The van der Waals surface area contributed by atoms with Crippen molar-refractivity contribution in [1.29, 1.82) is 0 Å². The van der Waals surface area contributed by atoms with Gasteiger partial charge in [-0.2, -0.15) is 0 Å². The third-order valence-corrected chi connectivity index (χ3v) is 4.53. The van der Waals surface area contributed by atoms with Crippen molar-refractivity contribution < 1.29 is 14.3 Å². The second-order valence-corrected chi connectivity index (χ2v) is 6.15. The van der Waals surface area contributed by atoms with Crippen LogP contribution in [0.4, 0.5) is 0 Å². The minimum atomic E-state index is -0.923. The summed E-state index contributed by atoms with van der Waals surface area (Å²) in [5.74, 6) is 0.519. The number of carbonyl (C=O) groups is 1. The number of rotatable bonds is 6. The molecule has 2 aliphatic carbocycles. The van der Waals surface area contributed by atoms with Crippen LogP contribution in [0.3, 0.4) is 0 Å². The molecular weight excluding hydrogens is 242 g/mol. The summed E-state index contributed by atoms with van der Waals surface area (Å²) in [5.41, 5.74) is 5.37. The maximum atomic E-state index is 12.1. The number of carbonyl (C=O) groups excluding carboxylic acids is 1. The number of nitrogens with two attached hydrogens (primary N) is 1. The smallest absolute Gasteiger partial charge is 0.328 e. The van der Waals surface area contributed by atoms with Gasteiger partial charge in [-0.25, -0.2) is 4.79 Å². The van der Waals surface area contributed by atoms with Gasteiger partial charge in [-0.15, -0.1) is 0 Å². The fourth-order valence-electron chi connectivity index (χ4n) is 2.98. The van der Waals surface area contributed by atoms with Crippen LogP contribution < -0.4 is 5.73 Å². The molecule has 4 nitrogen and oxygen atoms in total. The molecule has 3 unspecified atom stereocenters. The Balaban J connectivity index is 1.91. The van der Waals surface area contributed by atoms with Crippen LogP contribution in [-0.2, 0) is 14.3 Å².